The summed E-state index contributed by atoms with van der Waals surface area (Å²) < 4.78 is 7.16. The van der Waals surface area contributed by atoms with Gasteiger partial charge in [-0.05, 0) is 37.1 Å². The van der Waals surface area contributed by atoms with E-state index in [0.29, 0.717) is 6.54 Å². The molecule has 1 amide bonds. The molecule has 0 bridgehead atoms. The van der Waals surface area contributed by atoms with E-state index in [9.17, 15) is 4.79 Å². The van der Waals surface area contributed by atoms with Gasteiger partial charge in [-0.3, -0.25) is 4.79 Å². The van der Waals surface area contributed by atoms with E-state index < -0.39 is 0 Å². The summed E-state index contributed by atoms with van der Waals surface area (Å²) in [5.41, 5.74) is 3.36. The average Bonchev–Trinajstić information content (AvgIpc) is 2.76. The van der Waals surface area contributed by atoms with E-state index in [4.69, 9.17) is 4.74 Å². The van der Waals surface area contributed by atoms with Gasteiger partial charge in [0.15, 0.2) is 0 Å². The van der Waals surface area contributed by atoms with Crippen LogP contribution in [0.25, 0.3) is 5.69 Å². The molecule has 0 unspecified atom stereocenters. The van der Waals surface area contributed by atoms with Gasteiger partial charge in [-0.15, -0.1) is 0 Å². The number of methoxy groups -OCH3 is 1. The number of ether oxygens (including phenoxy) is 1. The van der Waals surface area contributed by atoms with Crippen molar-refractivity contribution in [2.75, 3.05) is 13.7 Å². The summed E-state index contributed by atoms with van der Waals surface area (Å²) in [6.45, 7) is 3.09. The Kier molecular flexibility index (Phi) is 3.64. The van der Waals surface area contributed by atoms with Crippen LogP contribution in [0.2, 0.25) is 0 Å². The van der Waals surface area contributed by atoms with Crippen LogP contribution in [-0.2, 0) is 17.8 Å². The van der Waals surface area contributed by atoms with E-state index in [1.807, 2.05) is 40.0 Å². The summed E-state index contributed by atoms with van der Waals surface area (Å²) in [7, 11) is 1.66. The van der Waals surface area contributed by atoms with E-state index in [1.165, 1.54) is 5.69 Å². The van der Waals surface area contributed by atoms with Crippen LogP contribution in [0.3, 0.4) is 0 Å². The molecule has 2 aromatic rings. The zero-order valence-corrected chi connectivity index (χ0v) is 12.4. The molecule has 0 spiro atoms. The molecule has 0 fully saturated rings. The molecule has 21 heavy (non-hydrogen) atoms. The second kappa shape index (κ2) is 5.60. The number of carbonyl (C=O) groups excluding carboxylic acids is 1. The van der Waals surface area contributed by atoms with Gasteiger partial charge in [-0.2, -0.15) is 5.10 Å². The summed E-state index contributed by atoms with van der Waals surface area (Å²) in [6.07, 6.45) is 3.78. The normalized spacial score (nSPS) is 14.5. The van der Waals surface area contributed by atoms with Crippen molar-refractivity contribution in [1.82, 2.24) is 14.7 Å². The highest BCUT2D eigenvalue weighted by Crippen LogP contribution is 2.23. The number of carbonyl (C=O) groups is 1. The number of hydrogen-bond acceptors (Lipinski definition) is 3. The number of rotatable bonds is 2. The third-order valence-corrected chi connectivity index (χ3v) is 3.92. The molecule has 0 atom stereocenters. The van der Waals surface area contributed by atoms with Crippen molar-refractivity contribution in [3.63, 3.8) is 0 Å². The minimum absolute atomic E-state index is 0.125. The van der Waals surface area contributed by atoms with Crippen molar-refractivity contribution in [3.8, 4) is 11.4 Å². The van der Waals surface area contributed by atoms with Crippen LogP contribution < -0.4 is 4.74 Å². The molecule has 1 aliphatic heterocycles. The van der Waals surface area contributed by atoms with Gasteiger partial charge < -0.3 is 9.64 Å². The molecule has 0 saturated carbocycles. The predicted octanol–water partition coefficient (Wildman–Crippen LogP) is 2.18. The van der Waals surface area contributed by atoms with E-state index >= 15 is 0 Å². The first kappa shape index (κ1) is 13.7. The van der Waals surface area contributed by atoms with Crippen molar-refractivity contribution in [2.24, 2.45) is 0 Å². The zero-order chi connectivity index (χ0) is 14.8. The van der Waals surface area contributed by atoms with E-state index in [1.54, 1.807) is 14.0 Å². The van der Waals surface area contributed by atoms with Gasteiger partial charge in [-0.1, -0.05) is 0 Å². The molecule has 0 radical (unpaired) electrons. The van der Waals surface area contributed by atoms with Gasteiger partial charge in [0.1, 0.15) is 5.75 Å². The smallest absolute Gasteiger partial charge is 0.219 e. The van der Waals surface area contributed by atoms with Crippen molar-refractivity contribution in [1.29, 1.82) is 0 Å². The maximum atomic E-state index is 11.6. The molecule has 5 nitrogen and oxygen atoms in total. The molecule has 5 heteroatoms. The van der Waals surface area contributed by atoms with Gasteiger partial charge in [0, 0.05) is 31.3 Å². The molecular weight excluding hydrogens is 266 g/mol. The van der Waals surface area contributed by atoms with E-state index in [-0.39, 0.29) is 5.91 Å². The summed E-state index contributed by atoms with van der Waals surface area (Å²) in [5.74, 6) is 0.958. The average molecular weight is 285 g/mol. The number of aromatic nitrogens is 2. The Morgan fingerprint density at radius 1 is 1.29 bits per heavy atom. The SMILES string of the molecule is COc1ccc(-n2ncc3c2CCCN(C(C)=O)C3)cc1. The first-order valence-corrected chi connectivity index (χ1v) is 7.15. The van der Waals surface area contributed by atoms with Crippen molar-refractivity contribution >= 4 is 5.91 Å². The van der Waals surface area contributed by atoms with Gasteiger partial charge in [0.05, 0.1) is 19.0 Å². The van der Waals surface area contributed by atoms with Crippen molar-refractivity contribution in [3.05, 3.63) is 41.7 Å². The summed E-state index contributed by atoms with van der Waals surface area (Å²) in [6, 6.07) is 7.86. The zero-order valence-electron chi connectivity index (χ0n) is 12.4. The Morgan fingerprint density at radius 3 is 2.71 bits per heavy atom. The molecule has 0 saturated heterocycles. The van der Waals surface area contributed by atoms with Crippen LogP contribution in [0.5, 0.6) is 5.75 Å². The predicted molar refractivity (Wildman–Crippen MR) is 79.5 cm³/mol. The van der Waals surface area contributed by atoms with Crippen molar-refractivity contribution in [2.45, 2.75) is 26.3 Å². The number of hydrogen-bond donors (Lipinski definition) is 0. The molecule has 2 heterocycles. The lowest BCUT2D eigenvalue weighted by molar-refractivity contribution is -0.129. The third-order valence-electron chi connectivity index (χ3n) is 3.92. The summed E-state index contributed by atoms with van der Waals surface area (Å²) >= 11 is 0. The molecular formula is C16H19N3O2. The number of benzene rings is 1. The molecule has 1 aliphatic rings. The van der Waals surface area contributed by atoms with Gasteiger partial charge in [0.2, 0.25) is 5.91 Å². The highest BCUT2D eigenvalue weighted by Gasteiger charge is 2.20. The highest BCUT2D eigenvalue weighted by atomic mass is 16.5. The lowest BCUT2D eigenvalue weighted by atomic mass is 10.2. The van der Waals surface area contributed by atoms with E-state index in [0.717, 1.165) is 36.4 Å². The van der Waals surface area contributed by atoms with Crippen LogP contribution in [0.15, 0.2) is 30.5 Å². The van der Waals surface area contributed by atoms with Crippen LogP contribution in [0, 0.1) is 0 Å². The molecule has 1 aromatic carbocycles. The summed E-state index contributed by atoms with van der Waals surface area (Å²) in [5, 5.41) is 4.50. The Balaban J connectivity index is 1.93. The largest absolute Gasteiger partial charge is 0.497 e. The number of fused-ring (bicyclic) bond motifs is 1. The van der Waals surface area contributed by atoms with Crippen molar-refractivity contribution < 1.29 is 9.53 Å². The van der Waals surface area contributed by atoms with Gasteiger partial charge >= 0.3 is 0 Å². The van der Waals surface area contributed by atoms with E-state index in [2.05, 4.69) is 5.10 Å². The third kappa shape index (κ3) is 2.63. The molecule has 0 N–H and O–H groups in total. The second-order valence-electron chi connectivity index (χ2n) is 5.27. The first-order chi connectivity index (χ1) is 10.2. The minimum atomic E-state index is 0.125. The maximum Gasteiger partial charge on any atom is 0.219 e. The topological polar surface area (TPSA) is 47.4 Å². The lowest BCUT2D eigenvalue weighted by Crippen LogP contribution is -2.27. The maximum absolute atomic E-state index is 11.6. The fourth-order valence-corrected chi connectivity index (χ4v) is 2.74. The second-order valence-corrected chi connectivity index (χ2v) is 5.27. The molecule has 0 aliphatic carbocycles. The standard InChI is InChI=1S/C16H19N3O2/c1-12(20)18-9-3-4-16-13(11-18)10-17-19(16)14-5-7-15(21-2)8-6-14/h5-8,10H,3-4,9,11H2,1-2H3. The quantitative estimate of drug-likeness (QED) is 0.849. The molecule has 3 rings (SSSR count). The monoisotopic (exact) mass is 285 g/mol. The fourth-order valence-electron chi connectivity index (χ4n) is 2.74. The van der Waals surface area contributed by atoms with Crippen LogP contribution in [0.4, 0.5) is 0 Å². The van der Waals surface area contributed by atoms with Crippen LogP contribution in [0.1, 0.15) is 24.6 Å². The lowest BCUT2D eigenvalue weighted by Gasteiger charge is -2.17. The van der Waals surface area contributed by atoms with Gasteiger partial charge in [-0.25, -0.2) is 4.68 Å². The Morgan fingerprint density at radius 2 is 2.05 bits per heavy atom. The summed E-state index contributed by atoms with van der Waals surface area (Å²) in [4.78, 5) is 13.5. The molecule has 1 aromatic heterocycles. The van der Waals surface area contributed by atoms with Gasteiger partial charge in [0.25, 0.3) is 0 Å². The highest BCUT2D eigenvalue weighted by molar-refractivity contribution is 5.73. The molecule has 110 valence electrons. The Hall–Kier alpha value is -2.30. The Labute approximate surface area is 124 Å². The fraction of sp³-hybridized carbons (Fsp3) is 0.375. The number of amides is 1. The number of nitrogens with zero attached hydrogens (tertiary/aromatic N) is 3. The van der Waals surface area contributed by atoms with Crippen LogP contribution >= 0.6 is 0 Å². The minimum Gasteiger partial charge on any atom is -0.497 e. The Bertz CT molecular complexity index is 646. The van der Waals surface area contributed by atoms with Crippen LogP contribution in [-0.4, -0.2) is 34.2 Å². The first-order valence-electron chi connectivity index (χ1n) is 7.15.